The Bertz CT molecular complexity index is 484. The van der Waals surface area contributed by atoms with Crippen molar-refractivity contribution in [3.63, 3.8) is 0 Å². The molecule has 1 aromatic rings. The number of benzene rings is 1. The van der Waals surface area contributed by atoms with Crippen molar-refractivity contribution in [1.82, 2.24) is 0 Å². The monoisotopic (exact) mass is 368 g/mol. The van der Waals surface area contributed by atoms with Crippen LogP contribution in [0, 0.1) is 0 Å². The molecule has 3 nitrogen and oxygen atoms in total. The van der Waals surface area contributed by atoms with Crippen LogP contribution in [-0.2, 0) is 9.53 Å². The third-order valence-corrected chi connectivity index (χ3v) is 3.51. The third kappa shape index (κ3) is 5.21. The van der Waals surface area contributed by atoms with E-state index in [0.717, 1.165) is 0 Å². The van der Waals surface area contributed by atoms with E-state index in [4.69, 9.17) is 32.7 Å². The Morgan fingerprint density at radius 3 is 2.37 bits per heavy atom. The lowest BCUT2D eigenvalue weighted by Gasteiger charge is -2.23. The molecule has 106 valence electrons. The number of rotatable bonds is 3. The topological polar surface area (TPSA) is 35.5 Å². The molecule has 0 fully saturated rings. The minimum absolute atomic E-state index is 0.341. The summed E-state index contributed by atoms with van der Waals surface area (Å²) >= 11 is 15.2. The standard InChI is InChI=1S/C13H15BrCl2O3/c1-7(12(17)19-13(2,3)4)18-11-6-9(15)8(14)5-10(11)16/h5-7H,1-4H3. The summed E-state index contributed by atoms with van der Waals surface area (Å²) in [7, 11) is 0. The highest BCUT2D eigenvalue weighted by Crippen LogP contribution is 2.34. The lowest BCUT2D eigenvalue weighted by molar-refractivity contribution is -0.162. The Morgan fingerprint density at radius 1 is 1.26 bits per heavy atom. The lowest BCUT2D eigenvalue weighted by atomic mass is 10.2. The van der Waals surface area contributed by atoms with Crippen molar-refractivity contribution in [2.75, 3.05) is 0 Å². The maximum Gasteiger partial charge on any atom is 0.347 e. The third-order valence-electron chi connectivity index (χ3n) is 2.02. The molecule has 0 saturated carbocycles. The summed E-state index contributed by atoms with van der Waals surface area (Å²) in [5, 5.41) is 0.822. The molecule has 1 unspecified atom stereocenters. The van der Waals surface area contributed by atoms with Crippen LogP contribution < -0.4 is 4.74 Å². The molecule has 0 heterocycles. The first kappa shape index (κ1) is 16.6. The number of esters is 1. The van der Waals surface area contributed by atoms with Crippen LogP contribution in [0.4, 0.5) is 0 Å². The smallest absolute Gasteiger partial charge is 0.347 e. The molecule has 0 radical (unpaired) electrons. The largest absolute Gasteiger partial charge is 0.477 e. The number of carbonyl (C=O) groups excluding carboxylic acids is 1. The second kappa shape index (κ2) is 6.33. The van der Waals surface area contributed by atoms with Gasteiger partial charge in [0.1, 0.15) is 11.4 Å². The molecule has 0 bridgehead atoms. The summed E-state index contributed by atoms with van der Waals surface area (Å²) in [5.41, 5.74) is -0.560. The van der Waals surface area contributed by atoms with E-state index in [0.29, 0.717) is 20.3 Å². The van der Waals surface area contributed by atoms with Crippen molar-refractivity contribution in [2.45, 2.75) is 39.4 Å². The molecule has 1 atom stereocenters. The molecule has 0 aliphatic carbocycles. The summed E-state index contributed by atoms with van der Waals surface area (Å²) in [6.07, 6.45) is -0.769. The van der Waals surface area contributed by atoms with E-state index in [1.54, 1.807) is 39.8 Å². The fourth-order valence-electron chi connectivity index (χ4n) is 1.22. The van der Waals surface area contributed by atoms with Gasteiger partial charge in [0.05, 0.1) is 10.0 Å². The molecule has 0 spiro atoms. The quantitative estimate of drug-likeness (QED) is 0.563. The van der Waals surface area contributed by atoms with Crippen LogP contribution in [0.3, 0.4) is 0 Å². The van der Waals surface area contributed by atoms with E-state index in [-0.39, 0.29) is 0 Å². The van der Waals surface area contributed by atoms with E-state index in [2.05, 4.69) is 15.9 Å². The van der Waals surface area contributed by atoms with E-state index < -0.39 is 17.7 Å². The summed E-state index contributed by atoms with van der Waals surface area (Å²) in [6, 6.07) is 3.16. The molecular formula is C13H15BrCl2O3. The van der Waals surface area contributed by atoms with Crippen molar-refractivity contribution in [3.05, 3.63) is 26.7 Å². The van der Waals surface area contributed by atoms with Gasteiger partial charge in [-0.3, -0.25) is 0 Å². The SMILES string of the molecule is CC(Oc1cc(Cl)c(Br)cc1Cl)C(=O)OC(C)(C)C. The average molecular weight is 370 g/mol. The van der Waals surface area contributed by atoms with Gasteiger partial charge in [-0.2, -0.15) is 0 Å². The molecule has 0 aliphatic rings. The van der Waals surface area contributed by atoms with Crippen LogP contribution in [0.5, 0.6) is 5.75 Å². The second-order valence-corrected chi connectivity index (χ2v) is 6.66. The van der Waals surface area contributed by atoms with Crippen molar-refractivity contribution < 1.29 is 14.3 Å². The lowest BCUT2D eigenvalue weighted by Crippen LogP contribution is -2.33. The first-order valence-corrected chi connectivity index (χ1v) is 7.19. The van der Waals surface area contributed by atoms with Gasteiger partial charge < -0.3 is 9.47 Å². The number of hydrogen-bond acceptors (Lipinski definition) is 3. The van der Waals surface area contributed by atoms with Gasteiger partial charge in [0.25, 0.3) is 0 Å². The van der Waals surface area contributed by atoms with Gasteiger partial charge in [-0.05, 0) is 49.7 Å². The van der Waals surface area contributed by atoms with E-state index >= 15 is 0 Å². The van der Waals surface area contributed by atoms with Crippen LogP contribution in [0.2, 0.25) is 10.0 Å². The number of halogens is 3. The summed E-state index contributed by atoms with van der Waals surface area (Å²) < 4.78 is 11.4. The Labute approximate surface area is 131 Å². The predicted molar refractivity (Wildman–Crippen MR) is 80.1 cm³/mol. The van der Waals surface area contributed by atoms with Gasteiger partial charge in [0, 0.05) is 10.5 Å². The molecule has 0 N–H and O–H groups in total. The molecule has 0 amide bonds. The zero-order valence-electron chi connectivity index (χ0n) is 11.1. The van der Waals surface area contributed by atoms with Crippen molar-refractivity contribution in [3.8, 4) is 5.75 Å². The summed E-state index contributed by atoms with van der Waals surface area (Å²) in [6.45, 7) is 6.98. The van der Waals surface area contributed by atoms with Gasteiger partial charge in [-0.15, -0.1) is 0 Å². The van der Waals surface area contributed by atoms with Crippen LogP contribution in [0.1, 0.15) is 27.7 Å². The second-order valence-electron chi connectivity index (χ2n) is 4.99. The highest BCUT2D eigenvalue weighted by molar-refractivity contribution is 9.10. The van der Waals surface area contributed by atoms with Crippen molar-refractivity contribution >= 4 is 45.1 Å². The average Bonchev–Trinajstić information content (AvgIpc) is 2.23. The van der Waals surface area contributed by atoms with Crippen LogP contribution >= 0.6 is 39.1 Å². The summed E-state index contributed by atoms with van der Waals surface area (Å²) in [5.74, 6) is -0.115. The normalized spacial score (nSPS) is 13.0. The van der Waals surface area contributed by atoms with Gasteiger partial charge in [-0.25, -0.2) is 4.79 Å². The van der Waals surface area contributed by atoms with Crippen LogP contribution in [-0.4, -0.2) is 17.7 Å². The molecule has 1 aromatic carbocycles. The molecule has 19 heavy (non-hydrogen) atoms. The highest BCUT2D eigenvalue weighted by atomic mass is 79.9. The Hall–Kier alpha value is -0.450. The molecule has 6 heteroatoms. The Balaban J connectivity index is 2.80. The molecule has 1 rings (SSSR count). The van der Waals surface area contributed by atoms with Gasteiger partial charge in [0.15, 0.2) is 6.10 Å². The predicted octanol–water partition coefficient (Wildman–Crippen LogP) is 4.86. The Kier molecular flexibility index (Phi) is 5.53. The Morgan fingerprint density at radius 2 is 1.84 bits per heavy atom. The maximum atomic E-state index is 11.8. The maximum absolute atomic E-state index is 11.8. The summed E-state index contributed by atoms with van der Waals surface area (Å²) in [4.78, 5) is 11.8. The number of ether oxygens (including phenoxy) is 2. The van der Waals surface area contributed by atoms with E-state index in [9.17, 15) is 4.79 Å². The number of hydrogen-bond donors (Lipinski definition) is 0. The zero-order valence-corrected chi connectivity index (χ0v) is 14.2. The highest BCUT2D eigenvalue weighted by Gasteiger charge is 2.23. The van der Waals surface area contributed by atoms with Crippen LogP contribution in [0.15, 0.2) is 16.6 Å². The molecule has 0 aliphatic heterocycles. The first-order chi connectivity index (χ1) is 8.60. The number of carbonyl (C=O) groups is 1. The minimum Gasteiger partial charge on any atom is -0.477 e. The van der Waals surface area contributed by atoms with E-state index in [1.165, 1.54) is 0 Å². The van der Waals surface area contributed by atoms with Gasteiger partial charge in [0.2, 0.25) is 0 Å². The minimum atomic E-state index is -0.769. The molecule has 0 saturated heterocycles. The first-order valence-electron chi connectivity index (χ1n) is 5.64. The van der Waals surface area contributed by atoms with E-state index in [1.807, 2.05) is 0 Å². The van der Waals surface area contributed by atoms with Gasteiger partial charge >= 0.3 is 5.97 Å². The molecular weight excluding hydrogens is 355 g/mol. The van der Waals surface area contributed by atoms with Gasteiger partial charge in [-0.1, -0.05) is 23.2 Å². The fraction of sp³-hybridized carbons (Fsp3) is 0.462. The van der Waals surface area contributed by atoms with Crippen molar-refractivity contribution in [2.24, 2.45) is 0 Å². The molecule has 0 aromatic heterocycles. The zero-order chi connectivity index (χ0) is 14.8. The fourth-order valence-corrected chi connectivity index (χ4v) is 2.05. The van der Waals surface area contributed by atoms with Crippen LogP contribution in [0.25, 0.3) is 0 Å². The van der Waals surface area contributed by atoms with Crippen molar-refractivity contribution in [1.29, 1.82) is 0 Å².